The molecule has 0 fully saturated rings. The van der Waals surface area contributed by atoms with Crippen LogP contribution in [0.4, 0.5) is 0 Å². The molecule has 0 amide bonds. The van der Waals surface area contributed by atoms with Crippen molar-refractivity contribution in [2.24, 2.45) is 17.8 Å². The van der Waals surface area contributed by atoms with Gasteiger partial charge in [-0.3, -0.25) is 14.4 Å². The summed E-state index contributed by atoms with van der Waals surface area (Å²) in [4.78, 5) is 57.1. The summed E-state index contributed by atoms with van der Waals surface area (Å²) in [6, 6.07) is 8.62. The van der Waals surface area contributed by atoms with Crippen LogP contribution >= 0.6 is 0 Å². The molecule has 0 bridgehead atoms. The molecule has 2 aromatic carbocycles. The Hall–Kier alpha value is -5.03. The van der Waals surface area contributed by atoms with Gasteiger partial charge in [-0.05, 0) is 125 Å². The van der Waals surface area contributed by atoms with Crippen LogP contribution in [0.25, 0.3) is 22.3 Å². The number of esters is 3. The number of carbonyl (C=O) groups excluding carboxylic acids is 3. The first-order valence-electron chi connectivity index (χ1n) is 23.7. The number of cyclic esters (lactones) is 1. The van der Waals surface area contributed by atoms with E-state index in [-0.39, 0.29) is 54.7 Å². The molecule has 7 rings (SSSR count). The summed E-state index contributed by atoms with van der Waals surface area (Å²) >= 11 is 0. The Bertz CT molecular complexity index is 2500. The van der Waals surface area contributed by atoms with Gasteiger partial charge in [0.2, 0.25) is 0 Å². The molecule has 11 heteroatoms. The minimum Gasteiger partial charge on any atom is -0.487 e. The standard InChI is InChI=1S/C53H68N2O9/c1-10-53(60)42-28-44-47-38(29-55(44)50(58)41(42)30-61-51(53)59)26-37-27-39(19-20-43(37)54-47)62-45(56)21-22-46(57)63-48-34(6)35(7)49-40(36(48)8)23-25-52(9,64-49)24-13-18-33(5)17-12-16-32(4)15-11-14-31(2)3/h19-20,26-28,31-33,60H,10-18,21-25,29-30H2,1-9H3/t32-,33-,52-,53+/m1/s1. The van der Waals surface area contributed by atoms with E-state index >= 15 is 0 Å². The Morgan fingerprint density at radius 1 is 0.859 bits per heavy atom. The predicted octanol–water partition coefficient (Wildman–Crippen LogP) is 10.8. The highest BCUT2D eigenvalue weighted by molar-refractivity contribution is 5.88. The molecule has 344 valence electrons. The number of ether oxygens (including phenoxy) is 4. The lowest BCUT2D eigenvalue weighted by atomic mass is 9.83. The predicted molar refractivity (Wildman–Crippen MR) is 248 cm³/mol. The van der Waals surface area contributed by atoms with Gasteiger partial charge >= 0.3 is 17.9 Å². The SMILES string of the molecule is CC[C@@]1(O)C(=O)OCc2c1cc1n(c2=O)Cc2cc3cc(OC(=O)CCC(=O)Oc4c(C)c(C)c5c(c4C)CC[C@@](C)(CCC[C@H](C)CCC[C@H](C)CCCC(C)C)O5)ccc3nc2-1. The molecule has 0 radical (unpaired) electrons. The second-order valence-corrected chi connectivity index (χ2v) is 19.8. The first kappa shape index (κ1) is 46.9. The molecular weight excluding hydrogens is 809 g/mol. The van der Waals surface area contributed by atoms with Gasteiger partial charge in [-0.15, -0.1) is 0 Å². The number of carbonyl (C=O) groups is 3. The number of aromatic nitrogens is 2. The third-order valence-corrected chi connectivity index (χ3v) is 14.3. The number of hydrogen-bond donors (Lipinski definition) is 1. The van der Waals surface area contributed by atoms with Crippen LogP contribution in [0.5, 0.6) is 17.2 Å². The lowest BCUT2D eigenvalue weighted by Crippen LogP contribution is -2.44. The topological polar surface area (TPSA) is 143 Å². The lowest BCUT2D eigenvalue weighted by molar-refractivity contribution is -0.172. The van der Waals surface area contributed by atoms with Crippen molar-refractivity contribution < 1.29 is 38.4 Å². The van der Waals surface area contributed by atoms with Crippen LogP contribution in [0.3, 0.4) is 0 Å². The molecular formula is C53H68N2O9. The number of benzene rings is 2. The molecule has 11 nitrogen and oxygen atoms in total. The van der Waals surface area contributed by atoms with Crippen molar-refractivity contribution in [3.8, 4) is 28.6 Å². The summed E-state index contributed by atoms with van der Waals surface area (Å²) in [7, 11) is 0. The van der Waals surface area contributed by atoms with Crippen LogP contribution in [0.1, 0.15) is 164 Å². The lowest BCUT2D eigenvalue weighted by Gasteiger charge is -2.38. The highest BCUT2D eigenvalue weighted by Crippen LogP contribution is 2.45. The van der Waals surface area contributed by atoms with Crippen LogP contribution in [-0.4, -0.2) is 38.2 Å². The van der Waals surface area contributed by atoms with E-state index < -0.39 is 23.5 Å². The number of hydrogen-bond acceptors (Lipinski definition) is 10. The summed E-state index contributed by atoms with van der Waals surface area (Å²) in [6.45, 7) is 19.4. The highest BCUT2D eigenvalue weighted by atomic mass is 16.6. The molecule has 0 saturated carbocycles. The number of nitrogens with zero attached hydrogens (tertiary/aromatic N) is 2. The molecule has 3 aliphatic rings. The number of pyridine rings is 2. The minimum absolute atomic E-state index is 0.0597. The van der Waals surface area contributed by atoms with Crippen molar-refractivity contribution in [2.45, 2.75) is 177 Å². The quantitative estimate of drug-likeness (QED) is 0.0667. The Labute approximate surface area is 378 Å². The number of fused-ring (bicyclic) bond motifs is 6. The monoisotopic (exact) mass is 876 g/mol. The normalized spacial score (nSPS) is 19.6. The molecule has 0 aliphatic carbocycles. The van der Waals surface area contributed by atoms with E-state index in [4.69, 9.17) is 23.9 Å². The van der Waals surface area contributed by atoms with Crippen LogP contribution in [0.2, 0.25) is 0 Å². The second-order valence-electron chi connectivity index (χ2n) is 19.8. The smallest absolute Gasteiger partial charge is 0.343 e. The maximum atomic E-state index is 13.5. The van der Waals surface area contributed by atoms with E-state index in [1.807, 2.05) is 26.8 Å². The summed E-state index contributed by atoms with van der Waals surface area (Å²) in [5, 5.41) is 11.9. The van der Waals surface area contributed by atoms with E-state index in [9.17, 15) is 24.3 Å². The molecule has 4 aromatic rings. The molecule has 2 aromatic heterocycles. The van der Waals surface area contributed by atoms with E-state index in [1.165, 1.54) is 44.9 Å². The van der Waals surface area contributed by atoms with Crippen molar-refractivity contribution in [3.05, 3.63) is 79.6 Å². The molecule has 4 atom stereocenters. The highest BCUT2D eigenvalue weighted by Gasteiger charge is 2.45. The zero-order valence-corrected chi connectivity index (χ0v) is 39.5. The van der Waals surface area contributed by atoms with E-state index in [0.717, 1.165) is 71.1 Å². The first-order chi connectivity index (χ1) is 30.4. The Morgan fingerprint density at radius 3 is 2.22 bits per heavy atom. The van der Waals surface area contributed by atoms with Gasteiger partial charge in [0.15, 0.2) is 5.60 Å². The zero-order chi connectivity index (χ0) is 46.1. The largest absolute Gasteiger partial charge is 0.487 e. The zero-order valence-electron chi connectivity index (χ0n) is 39.5. The fourth-order valence-electron chi connectivity index (χ4n) is 9.99. The molecule has 3 aliphatic heterocycles. The summed E-state index contributed by atoms with van der Waals surface area (Å²) in [5.41, 5.74) is 4.33. The fraction of sp³-hybridized carbons (Fsp3) is 0.566. The average molecular weight is 877 g/mol. The average Bonchev–Trinajstić information content (AvgIpc) is 3.61. The van der Waals surface area contributed by atoms with E-state index in [1.54, 1.807) is 35.8 Å². The van der Waals surface area contributed by atoms with Crippen LogP contribution in [0, 0.1) is 38.5 Å². The van der Waals surface area contributed by atoms with Gasteiger partial charge in [-0.1, -0.05) is 79.6 Å². The van der Waals surface area contributed by atoms with Crippen molar-refractivity contribution in [1.82, 2.24) is 9.55 Å². The van der Waals surface area contributed by atoms with Gasteiger partial charge in [-0.25, -0.2) is 9.78 Å². The fourth-order valence-corrected chi connectivity index (χ4v) is 9.99. The number of aliphatic hydroxyl groups is 1. The van der Waals surface area contributed by atoms with Gasteiger partial charge in [0.25, 0.3) is 5.56 Å². The molecule has 5 heterocycles. The Balaban J connectivity index is 0.912. The summed E-state index contributed by atoms with van der Waals surface area (Å²) in [6.07, 6.45) is 12.8. The Morgan fingerprint density at radius 2 is 1.53 bits per heavy atom. The third-order valence-electron chi connectivity index (χ3n) is 14.3. The van der Waals surface area contributed by atoms with Crippen molar-refractivity contribution in [3.63, 3.8) is 0 Å². The molecule has 0 spiro atoms. The van der Waals surface area contributed by atoms with Crippen molar-refractivity contribution in [1.29, 1.82) is 0 Å². The van der Waals surface area contributed by atoms with Gasteiger partial charge in [0.05, 0.1) is 41.9 Å². The van der Waals surface area contributed by atoms with Gasteiger partial charge in [-0.2, -0.15) is 0 Å². The van der Waals surface area contributed by atoms with Crippen LogP contribution in [-0.2, 0) is 44.3 Å². The molecule has 0 saturated heterocycles. The molecule has 0 unspecified atom stereocenters. The van der Waals surface area contributed by atoms with Crippen LogP contribution in [0.15, 0.2) is 35.1 Å². The minimum atomic E-state index is -1.91. The Kier molecular flexibility index (Phi) is 14.1. The van der Waals surface area contributed by atoms with Gasteiger partial charge in [0, 0.05) is 22.1 Å². The summed E-state index contributed by atoms with van der Waals surface area (Å²) < 4.78 is 25.2. The van der Waals surface area contributed by atoms with Crippen molar-refractivity contribution >= 4 is 28.8 Å². The molecule has 64 heavy (non-hydrogen) atoms. The third kappa shape index (κ3) is 9.80. The van der Waals surface area contributed by atoms with E-state index in [0.29, 0.717) is 39.7 Å². The maximum absolute atomic E-state index is 13.5. The number of rotatable bonds is 18. The van der Waals surface area contributed by atoms with E-state index in [2.05, 4.69) is 34.6 Å². The maximum Gasteiger partial charge on any atom is 0.343 e. The second kappa shape index (κ2) is 19.2. The van der Waals surface area contributed by atoms with Gasteiger partial charge in [0.1, 0.15) is 29.5 Å². The van der Waals surface area contributed by atoms with Crippen molar-refractivity contribution in [2.75, 3.05) is 0 Å². The summed E-state index contributed by atoms with van der Waals surface area (Å²) in [5.74, 6) is 2.22. The van der Waals surface area contributed by atoms with Crippen LogP contribution < -0.4 is 19.8 Å². The molecule has 1 N–H and O–H groups in total. The van der Waals surface area contributed by atoms with Gasteiger partial charge < -0.3 is 28.6 Å². The first-order valence-corrected chi connectivity index (χ1v) is 23.7.